The van der Waals surface area contributed by atoms with Crippen LogP contribution in [0, 0.1) is 0 Å². The molecule has 2 atom stereocenters. The molecular weight excluding hydrogens is 634 g/mol. The number of hydrogen-bond acceptors (Lipinski definition) is 7. The van der Waals surface area contributed by atoms with E-state index in [2.05, 4.69) is 38.2 Å². The smallest absolute Gasteiger partial charge is 0.361 e. The molecule has 0 fully saturated rings. The number of carbonyl (C=O) groups excluding carboxylic acids is 2. The fraction of sp³-hybridized carbons (Fsp3) is 0.829. The molecule has 292 valence electrons. The number of carboxylic acids is 1. The van der Waals surface area contributed by atoms with Crippen molar-refractivity contribution in [3.63, 3.8) is 0 Å². The van der Waals surface area contributed by atoms with Crippen LogP contribution in [0.25, 0.3) is 0 Å². The highest BCUT2D eigenvalue weighted by Gasteiger charge is 2.25. The third kappa shape index (κ3) is 34.2. The molecule has 0 heterocycles. The fourth-order valence-corrected chi connectivity index (χ4v) is 5.28. The minimum absolute atomic E-state index is 0.185. The molecule has 0 aromatic rings. The Kier molecular flexibility index (Phi) is 32.4. The Hall–Kier alpha value is -2.23. The number of likely N-dealkylation sites (N-methyl/N-ethyl adjacent to an activating group) is 1. The molecule has 0 aromatic carbocycles. The van der Waals surface area contributed by atoms with Gasteiger partial charge < -0.3 is 28.5 Å². The first-order chi connectivity index (χ1) is 24.1. The molecule has 0 bridgehead atoms. The van der Waals surface area contributed by atoms with E-state index in [-0.39, 0.29) is 32.2 Å². The van der Waals surface area contributed by atoms with Gasteiger partial charge in [-0.1, -0.05) is 128 Å². The maximum absolute atomic E-state index is 12.7. The van der Waals surface area contributed by atoms with Gasteiger partial charge in [0.05, 0.1) is 34.4 Å². The average Bonchev–Trinajstić information content (AvgIpc) is 3.06. The van der Waals surface area contributed by atoms with Crippen molar-refractivity contribution >= 4 is 17.9 Å². The summed E-state index contributed by atoms with van der Waals surface area (Å²) < 4.78 is 22.6. The number of rotatable bonds is 36. The van der Waals surface area contributed by atoms with Crippen LogP contribution in [-0.4, -0.2) is 87.4 Å². The van der Waals surface area contributed by atoms with E-state index in [1.807, 2.05) is 21.1 Å². The van der Waals surface area contributed by atoms with Crippen molar-refractivity contribution in [2.75, 3.05) is 47.5 Å². The van der Waals surface area contributed by atoms with Crippen molar-refractivity contribution in [2.45, 2.75) is 174 Å². The predicted molar refractivity (Wildman–Crippen MR) is 203 cm³/mol. The SMILES string of the molecule is CCCCC/C=C\C/C=C\CCCCCCCC(=O)OC(COC(=O)CCCCCCCCCCCC)COC(OCC[N+](C)(C)C)C(=O)O. The minimum atomic E-state index is -1.51. The molecule has 0 aliphatic heterocycles. The van der Waals surface area contributed by atoms with Crippen molar-refractivity contribution in [3.05, 3.63) is 24.3 Å². The zero-order valence-corrected chi connectivity index (χ0v) is 32.8. The number of carbonyl (C=O) groups is 3. The molecule has 0 amide bonds. The fourth-order valence-electron chi connectivity index (χ4n) is 5.28. The van der Waals surface area contributed by atoms with E-state index in [0.29, 0.717) is 23.9 Å². The second-order valence-corrected chi connectivity index (χ2v) is 14.6. The molecule has 0 aliphatic carbocycles. The number of allylic oxidation sites excluding steroid dienone is 4. The number of hydrogen-bond donors (Lipinski definition) is 1. The first-order valence-corrected chi connectivity index (χ1v) is 20.0. The van der Waals surface area contributed by atoms with Gasteiger partial charge in [0.25, 0.3) is 6.29 Å². The predicted octanol–water partition coefficient (Wildman–Crippen LogP) is 9.72. The quantitative estimate of drug-likeness (QED) is 0.0225. The van der Waals surface area contributed by atoms with Crippen LogP contribution in [-0.2, 0) is 33.3 Å². The van der Waals surface area contributed by atoms with Gasteiger partial charge in [0.15, 0.2) is 6.10 Å². The number of ether oxygens (including phenoxy) is 4. The Morgan fingerprint density at radius 1 is 0.600 bits per heavy atom. The Balaban J connectivity index is 4.53. The third-order valence-electron chi connectivity index (χ3n) is 8.46. The lowest BCUT2D eigenvalue weighted by atomic mass is 10.1. The van der Waals surface area contributed by atoms with Crippen molar-refractivity contribution in [3.8, 4) is 0 Å². The van der Waals surface area contributed by atoms with Gasteiger partial charge in [-0.2, -0.15) is 0 Å². The summed E-state index contributed by atoms with van der Waals surface area (Å²) >= 11 is 0. The minimum Gasteiger partial charge on any atom is -0.477 e. The Labute approximate surface area is 306 Å². The van der Waals surface area contributed by atoms with Crippen molar-refractivity contribution in [1.82, 2.24) is 0 Å². The lowest BCUT2D eigenvalue weighted by Crippen LogP contribution is -2.40. The Morgan fingerprint density at radius 3 is 1.62 bits per heavy atom. The molecule has 0 saturated heterocycles. The van der Waals surface area contributed by atoms with E-state index >= 15 is 0 Å². The number of carboxylic acid groups (broad SMARTS) is 1. The third-order valence-corrected chi connectivity index (χ3v) is 8.46. The molecule has 0 aliphatic rings. The van der Waals surface area contributed by atoms with Crippen LogP contribution in [0.2, 0.25) is 0 Å². The van der Waals surface area contributed by atoms with Crippen molar-refractivity contribution in [1.29, 1.82) is 0 Å². The first kappa shape index (κ1) is 47.8. The topological polar surface area (TPSA) is 108 Å². The molecular formula is C41H76NO8+. The van der Waals surface area contributed by atoms with Gasteiger partial charge >= 0.3 is 17.9 Å². The standard InChI is InChI=1S/C41H75NO8/c1-6-8-10-12-14-16-18-19-20-21-22-24-26-28-30-32-39(44)50-37(36-49-41(40(45)46)47-34-33-42(3,4)5)35-48-38(43)31-29-27-25-23-17-15-13-11-9-7-2/h14,16,19-20,37,41H,6-13,15,17-18,21-36H2,1-5H3/p+1/b16-14-,20-19-. The van der Waals surface area contributed by atoms with Crippen LogP contribution in [0.1, 0.15) is 162 Å². The highest BCUT2D eigenvalue weighted by molar-refractivity contribution is 5.71. The van der Waals surface area contributed by atoms with Gasteiger partial charge in [-0.15, -0.1) is 0 Å². The van der Waals surface area contributed by atoms with Gasteiger partial charge in [0.2, 0.25) is 0 Å². The highest BCUT2D eigenvalue weighted by Crippen LogP contribution is 2.13. The molecule has 9 heteroatoms. The number of esters is 2. The number of nitrogens with zero attached hydrogens (tertiary/aromatic N) is 1. The summed E-state index contributed by atoms with van der Waals surface area (Å²) in [7, 11) is 5.94. The molecule has 50 heavy (non-hydrogen) atoms. The van der Waals surface area contributed by atoms with E-state index in [0.717, 1.165) is 57.8 Å². The molecule has 1 N–H and O–H groups in total. The van der Waals surface area contributed by atoms with E-state index < -0.39 is 24.3 Å². The summed E-state index contributed by atoms with van der Waals surface area (Å²) in [5.74, 6) is -2.03. The lowest BCUT2D eigenvalue weighted by Gasteiger charge is -2.25. The zero-order chi connectivity index (χ0) is 37.1. The monoisotopic (exact) mass is 711 g/mol. The normalized spacial score (nSPS) is 13.2. The van der Waals surface area contributed by atoms with Gasteiger partial charge in [-0.25, -0.2) is 4.79 Å². The van der Waals surface area contributed by atoms with Crippen LogP contribution in [0.15, 0.2) is 24.3 Å². The van der Waals surface area contributed by atoms with E-state index in [1.54, 1.807) is 0 Å². The van der Waals surface area contributed by atoms with Crippen molar-refractivity contribution in [2.24, 2.45) is 0 Å². The molecule has 9 nitrogen and oxygen atoms in total. The number of unbranched alkanes of at least 4 members (excludes halogenated alkanes) is 17. The van der Waals surface area contributed by atoms with Crippen LogP contribution < -0.4 is 0 Å². The van der Waals surface area contributed by atoms with Crippen molar-refractivity contribution < 1.29 is 42.9 Å². The summed E-state index contributed by atoms with van der Waals surface area (Å²) in [6.45, 7) is 4.80. The average molecular weight is 711 g/mol. The van der Waals surface area contributed by atoms with E-state index in [4.69, 9.17) is 18.9 Å². The van der Waals surface area contributed by atoms with Crippen LogP contribution in [0.4, 0.5) is 0 Å². The number of quaternary nitrogens is 1. The number of aliphatic carboxylic acids is 1. The molecule has 0 saturated carbocycles. The van der Waals surface area contributed by atoms with Gasteiger partial charge in [0.1, 0.15) is 13.2 Å². The summed E-state index contributed by atoms with van der Waals surface area (Å²) in [6, 6.07) is 0. The Bertz CT molecular complexity index is 882. The molecule has 2 unspecified atom stereocenters. The maximum atomic E-state index is 12.7. The maximum Gasteiger partial charge on any atom is 0.361 e. The second kappa shape index (κ2) is 33.9. The molecule has 0 rings (SSSR count). The van der Waals surface area contributed by atoms with Crippen LogP contribution in [0.3, 0.4) is 0 Å². The highest BCUT2D eigenvalue weighted by atomic mass is 16.7. The zero-order valence-electron chi connectivity index (χ0n) is 32.8. The second-order valence-electron chi connectivity index (χ2n) is 14.6. The largest absolute Gasteiger partial charge is 0.477 e. The summed E-state index contributed by atoms with van der Waals surface area (Å²) in [5.41, 5.74) is 0. The van der Waals surface area contributed by atoms with Crippen LogP contribution >= 0.6 is 0 Å². The summed E-state index contributed by atoms with van der Waals surface area (Å²) in [4.78, 5) is 36.9. The van der Waals surface area contributed by atoms with Gasteiger partial charge in [-0.3, -0.25) is 9.59 Å². The summed E-state index contributed by atoms with van der Waals surface area (Å²) in [5, 5.41) is 9.59. The Morgan fingerprint density at radius 2 is 1.08 bits per heavy atom. The lowest BCUT2D eigenvalue weighted by molar-refractivity contribution is -0.870. The molecule has 0 radical (unpaired) electrons. The van der Waals surface area contributed by atoms with Gasteiger partial charge in [-0.05, 0) is 44.9 Å². The first-order valence-electron chi connectivity index (χ1n) is 20.0. The van der Waals surface area contributed by atoms with E-state index in [9.17, 15) is 19.5 Å². The molecule has 0 spiro atoms. The van der Waals surface area contributed by atoms with E-state index in [1.165, 1.54) is 70.6 Å². The molecule has 0 aromatic heterocycles. The van der Waals surface area contributed by atoms with Crippen LogP contribution in [0.5, 0.6) is 0 Å². The summed E-state index contributed by atoms with van der Waals surface area (Å²) in [6.07, 6.45) is 30.9. The van der Waals surface area contributed by atoms with Gasteiger partial charge in [0, 0.05) is 12.8 Å².